The molecule has 6 heteroatoms. The second-order valence-corrected chi connectivity index (χ2v) is 5.05. The van der Waals surface area contributed by atoms with E-state index in [1.54, 1.807) is 35.7 Å². The Bertz CT molecular complexity index is 565. The predicted octanol–water partition coefficient (Wildman–Crippen LogP) is 2.67. The topological polar surface area (TPSA) is 64.3 Å². The van der Waals surface area contributed by atoms with Crippen molar-refractivity contribution in [2.45, 2.75) is 0 Å². The predicted molar refractivity (Wildman–Crippen MR) is 81.0 cm³/mol. The van der Waals surface area contributed by atoms with Crippen LogP contribution in [0.4, 0.5) is 5.69 Å². The Balaban J connectivity index is 1.95. The molecule has 0 spiro atoms. The number of benzene rings is 1. The van der Waals surface area contributed by atoms with Gasteiger partial charge in [-0.2, -0.15) is 11.3 Å². The van der Waals surface area contributed by atoms with E-state index in [0.29, 0.717) is 22.0 Å². The second-order valence-electron chi connectivity index (χ2n) is 3.75. The summed E-state index contributed by atoms with van der Waals surface area (Å²) in [7, 11) is 0. The molecule has 1 heterocycles. The number of nitrogens with two attached hydrogens (primary N) is 1. The largest absolute Gasteiger partial charge is 0.487 e. The van der Waals surface area contributed by atoms with Gasteiger partial charge >= 0.3 is 0 Å². The lowest BCUT2D eigenvalue weighted by molar-refractivity contribution is 0.102. The summed E-state index contributed by atoms with van der Waals surface area (Å²) in [6.07, 6.45) is 0. The summed E-state index contributed by atoms with van der Waals surface area (Å²) in [4.78, 5) is 12.1. The average Bonchev–Trinajstić information content (AvgIpc) is 2.92. The van der Waals surface area contributed by atoms with Crippen LogP contribution in [0.3, 0.4) is 0 Å². The third-order valence-electron chi connectivity index (χ3n) is 2.28. The van der Waals surface area contributed by atoms with Crippen molar-refractivity contribution < 1.29 is 9.53 Å². The SMILES string of the molecule is NC(=S)COc1ccc(NC(=O)c2ccsc2)cc1. The molecule has 2 aromatic rings. The molecule has 1 amide bonds. The van der Waals surface area contributed by atoms with Crippen molar-refractivity contribution in [1.82, 2.24) is 0 Å². The standard InChI is InChI=1S/C13H12N2O2S2/c14-12(18)7-17-11-3-1-10(2-4-11)15-13(16)9-5-6-19-8-9/h1-6,8H,7H2,(H2,14,18)(H,15,16). The highest BCUT2D eigenvalue weighted by molar-refractivity contribution is 7.80. The van der Waals surface area contributed by atoms with Crippen LogP contribution in [-0.2, 0) is 0 Å². The number of anilines is 1. The molecule has 2 rings (SSSR count). The van der Waals surface area contributed by atoms with Crippen LogP contribution in [0, 0.1) is 0 Å². The lowest BCUT2D eigenvalue weighted by atomic mass is 10.2. The molecule has 3 N–H and O–H groups in total. The third kappa shape index (κ3) is 4.04. The lowest BCUT2D eigenvalue weighted by Gasteiger charge is -2.07. The first-order chi connectivity index (χ1) is 9.15. The molecular weight excluding hydrogens is 280 g/mol. The minimum absolute atomic E-state index is 0.127. The molecule has 98 valence electrons. The van der Waals surface area contributed by atoms with Gasteiger partial charge in [-0.25, -0.2) is 0 Å². The van der Waals surface area contributed by atoms with Crippen LogP contribution >= 0.6 is 23.6 Å². The van der Waals surface area contributed by atoms with Crippen molar-refractivity contribution in [1.29, 1.82) is 0 Å². The van der Waals surface area contributed by atoms with E-state index in [4.69, 9.17) is 22.7 Å². The zero-order chi connectivity index (χ0) is 13.7. The van der Waals surface area contributed by atoms with E-state index in [0.717, 1.165) is 0 Å². The van der Waals surface area contributed by atoms with Gasteiger partial charge in [0.1, 0.15) is 17.3 Å². The monoisotopic (exact) mass is 292 g/mol. The van der Waals surface area contributed by atoms with Gasteiger partial charge in [-0.15, -0.1) is 0 Å². The quantitative estimate of drug-likeness (QED) is 0.832. The van der Waals surface area contributed by atoms with E-state index >= 15 is 0 Å². The molecule has 0 radical (unpaired) electrons. The Kier molecular flexibility index (Phi) is 4.48. The molecule has 0 aliphatic carbocycles. The van der Waals surface area contributed by atoms with E-state index < -0.39 is 0 Å². The van der Waals surface area contributed by atoms with Crippen LogP contribution in [-0.4, -0.2) is 17.5 Å². The third-order valence-corrected chi connectivity index (χ3v) is 3.08. The molecule has 0 fully saturated rings. The van der Waals surface area contributed by atoms with Gasteiger partial charge in [0.15, 0.2) is 0 Å². The maximum atomic E-state index is 11.8. The molecule has 19 heavy (non-hydrogen) atoms. The molecule has 0 saturated heterocycles. The number of hydrogen-bond donors (Lipinski definition) is 2. The Morgan fingerprint density at radius 1 is 1.32 bits per heavy atom. The Labute approximate surface area is 120 Å². The second kappa shape index (κ2) is 6.31. The summed E-state index contributed by atoms with van der Waals surface area (Å²) in [5, 5.41) is 6.46. The normalized spacial score (nSPS) is 9.89. The minimum Gasteiger partial charge on any atom is -0.487 e. The number of carbonyl (C=O) groups excluding carboxylic acids is 1. The number of carbonyl (C=O) groups is 1. The first kappa shape index (κ1) is 13.5. The van der Waals surface area contributed by atoms with E-state index in [-0.39, 0.29) is 12.5 Å². The van der Waals surface area contributed by atoms with Crippen molar-refractivity contribution in [3.63, 3.8) is 0 Å². The van der Waals surface area contributed by atoms with Crippen LogP contribution in [0.5, 0.6) is 5.75 Å². The van der Waals surface area contributed by atoms with Gasteiger partial charge in [-0.3, -0.25) is 4.79 Å². The summed E-state index contributed by atoms with van der Waals surface area (Å²) in [5.41, 5.74) is 6.70. The summed E-state index contributed by atoms with van der Waals surface area (Å²) in [5.74, 6) is 0.527. The van der Waals surface area contributed by atoms with Gasteiger partial charge in [0, 0.05) is 11.1 Å². The molecule has 0 unspecified atom stereocenters. The number of ether oxygens (including phenoxy) is 1. The molecule has 0 atom stereocenters. The molecule has 0 aliphatic rings. The first-order valence-electron chi connectivity index (χ1n) is 5.50. The molecule has 0 aliphatic heterocycles. The van der Waals surface area contributed by atoms with Crippen molar-refractivity contribution in [2.75, 3.05) is 11.9 Å². The number of hydrogen-bond acceptors (Lipinski definition) is 4. The molecule has 1 aromatic carbocycles. The smallest absolute Gasteiger partial charge is 0.256 e. The number of nitrogens with one attached hydrogen (secondary N) is 1. The van der Waals surface area contributed by atoms with Crippen LogP contribution in [0.2, 0.25) is 0 Å². The Morgan fingerprint density at radius 2 is 2.05 bits per heavy atom. The van der Waals surface area contributed by atoms with Gasteiger partial charge in [-0.05, 0) is 35.7 Å². The lowest BCUT2D eigenvalue weighted by Crippen LogP contribution is -2.17. The molecule has 0 bridgehead atoms. The fraction of sp³-hybridized carbons (Fsp3) is 0.0769. The van der Waals surface area contributed by atoms with E-state index in [2.05, 4.69) is 5.32 Å². The number of thiophene rings is 1. The fourth-order valence-corrected chi connectivity index (χ4v) is 2.08. The Hall–Kier alpha value is -1.92. The molecule has 1 aromatic heterocycles. The van der Waals surface area contributed by atoms with E-state index in [9.17, 15) is 4.79 Å². The van der Waals surface area contributed by atoms with Gasteiger partial charge in [0.05, 0.1) is 5.56 Å². The van der Waals surface area contributed by atoms with Crippen molar-refractivity contribution >= 4 is 40.1 Å². The van der Waals surface area contributed by atoms with E-state index in [1.165, 1.54) is 11.3 Å². The zero-order valence-corrected chi connectivity index (χ0v) is 11.6. The number of rotatable bonds is 5. The van der Waals surface area contributed by atoms with Crippen LogP contribution in [0.25, 0.3) is 0 Å². The maximum Gasteiger partial charge on any atom is 0.256 e. The highest BCUT2D eigenvalue weighted by Crippen LogP contribution is 2.17. The molecular formula is C13H12N2O2S2. The summed E-state index contributed by atoms with van der Waals surface area (Å²) >= 11 is 6.21. The highest BCUT2D eigenvalue weighted by Gasteiger charge is 2.06. The van der Waals surface area contributed by atoms with Crippen molar-refractivity contribution in [3.8, 4) is 5.75 Å². The van der Waals surface area contributed by atoms with Crippen LogP contribution in [0.15, 0.2) is 41.1 Å². The van der Waals surface area contributed by atoms with Crippen LogP contribution < -0.4 is 15.8 Å². The molecule has 4 nitrogen and oxygen atoms in total. The highest BCUT2D eigenvalue weighted by atomic mass is 32.1. The van der Waals surface area contributed by atoms with Crippen molar-refractivity contribution in [2.24, 2.45) is 5.73 Å². The number of amides is 1. The first-order valence-corrected chi connectivity index (χ1v) is 6.85. The van der Waals surface area contributed by atoms with Crippen molar-refractivity contribution in [3.05, 3.63) is 46.7 Å². The Morgan fingerprint density at radius 3 is 2.63 bits per heavy atom. The average molecular weight is 292 g/mol. The zero-order valence-electron chi connectivity index (χ0n) is 9.96. The van der Waals surface area contributed by atoms with Crippen LogP contribution in [0.1, 0.15) is 10.4 Å². The summed E-state index contributed by atoms with van der Waals surface area (Å²) in [6, 6.07) is 8.81. The van der Waals surface area contributed by atoms with Gasteiger partial charge in [0.2, 0.25) is 0 Å². The maximum absolute atomic E-state index is 11.8. The van der Waals surface area contributed by atoms with Gasteiger partial charge < -0.3 is 15.8 Å². The molecule has 0 saturated carbocycles. The summed E-state index contributed by atoms with van der Waals surface area (Å²) in [6.45, 7) is 0.204. The number of thiocarbonyl (C=S) groups is 1. The van der Waals surface area contributed by atoms with Gasteiger partial charge in [0.25, 0.3) is 5.91 Å². The summed E-state index contributed by atoms with van der Waals surface area (Å²) < 4.78 is 5.32. The van der Waals surface area contributed by atoms with Gasteiger partial charge in [-0.1, -0.05) is 12.2 Å². The minimum atomic E-state index is -0.127. The van der Waals surface area contributed by atoms with E-state index in [1.807, 2.05) is 5.38 Å². The fourth-order valence-electron chi connectivity index (χ4n) is 1.39.